The molecule has 29 heavy (non-hydrogen) atoms. The number of rotatable bonds is 8. The third-order valence-electron chi connectivity index (χ3n) is 4.21. The van der Waals surface area contributed by atoms with E-state index >= 15 is 0 Å². The lowest BCUT2D eigenvalue weighted by Crippen LogP contribution is -2.30. The highest BCUT2D eigenvalue weighted by atomic mass is 19.1. The Balaban J connectivity index is 1.60. The number of methoxy groups -OCH3 is 1. The fourth-order valence-electron chi connectivity index (χ4n) is 2.89. The molecule has 0 fully saturated rings. The molecule has 6 heteroatoms. The first-order valence-electron chi connectivity index (χ1n) is 9.18. The fourth-order valence-corrected chi connectivity index (χ4v) is 2.89. The van der Waals surface area contributed by atoms with Gasteiger partial charge in [-0.05, 0) is 49.0 Å². The van der Waals surface area contributed by atoms with E-state index in [0.717, 1.165) is 5.56 Å². The van der Waals surface area contributed by atoms with E-state index < -0.39 is 5.82 Å². The van der Waals surface area contributed by atoms with Gasteiger partial charge in [-0.3, -0.25) is 9.69 Å². The summed E-state index contributed by atoms with van der Waals surface area (Å²) in [6.07, 6.45) is 0. The van der Waals surface area contributed by atoms with Gasteiger partial charge in [0.05, 0.1) is 19.3 Å². The Kier molecular flexibility index (Phi) is 6.81. The molecule has 0 radical (unpaired) electrons. The second kappa shape index (κ2) is 9.71. The van der Waals surface area contributed by atoms with E-state index in [4.69, 9.17) is 9.47 Å². The van der Waals surface area contributed by atoms with E-state index in [1.54, 1.807) is 36.2 Å². The van der Waals surface area contributed by atoms with Crippen molar-refractivity contribution >= 4 is 11.6 Å². The molecule has 150 valence electrons. The molecule has 0 heterocycles. The van der Waals surface area contributed by atoms with E-state index in [9.17, 15) is 9.18 Å². The van der Waals surface area contributed by atoms with Crippen LogP contribution >= 0.6 is 0 Å². The molecule has 1 amide bonds. The van der Waals surface area contributed by atoms with E-state index in [-0.39, 0.29) is 18.2 Å². The molecule has 0 bridgehead atoms. The number of hydrogen-bond acceptors (Lipinski definition) is 4. The van der Waals surface area contributed by atoms with Crippen molar-refractivity contribution in [3.63, 3.8) is 0 Å². The number of nitrogens with zero attached hydrogens (tertiary/aromatic N) is 1. The largest absolute Gasteiger partial charge is 0.494 e. The minimum absolute atomic E-state index is 0.146. The van der Waals surface area contributed by atoms with Gasteiger partial charge in [-0.15, -0.1) is 0 Å². The molecule has 0 aromatic heterocycles. The number of anilines is 1. The topological polar surface area (TPSA) is 50.8 Å². The number of para-hydroxylation sites is 3. The quantitative estimate of drug-likeness (QED) is 0.602. The van der Waals surface area contributed by atoms with Crippen LogP contribution in [0.4, 0.5) is 10.1 Å². The standard InChI is InChI=1S/C23H23FN2O3/c1-26(15-17-12-13-21(28-2)19(24)14-17)16-23(27)25-20-10-6-7-11-22(20)29-18-8-4-3-5-9-18/h3-14H,15-16H2,1-2H3,(H,25,27). The fraction of sp³-hybridized carbons (Fsp3) is 0.174. The molecular formula is C23H23FN2O3. The van der Waals surface area contributed by atoms with Gasteiger partial charge >= 0.3 is 0 Å². The zero-order valence-electron chi connectivity index (χ0n) is 16.4. The third-order valence-corrected chi connectivity index (χ3v) is 4.21. The Morgan fingerprint density at radius 1 is 1.00 bits per heavy atom. The zero-order valence-corrected chi connectivity index (χ0v) is 16.4. The SMILES string of the molecule is COc1ccc(CN(C)CC(=O)Nc2ccccc2Oc2ccccc2)cc1F. The van der Waals surface area contributed by atoms with Gasteiger partial charge in [0, 0.05) is 6.54 Å². The van der Waals surface area contributed by atoms with Crippen LogP contribution in [0.2, 0.25) is 0 Å². The number of nitrogens with one attached hydrogen (secondary N) is 1. The molecule has 0 aliphatic heterocycles. The Labute approximate surface area is 169 Å². The van der Waals surface area contributed by atoms with Crippen LogP contribution in [0.3, 0.4) is 0 Å². The summed E-state index contributed by atoms with van der Waals surface area (Å²) >= 11 is 0. The van der Waals surface area contributed by atoms with Gasteiger partial charge in [0.15, 0.2) is 17.3 Å². The van der Waals surface area contributed by atoms with Crippen LogP contribution in [0, 0.1) is 5.82 Å². The summed E-state index contributed by atoms with van der Waals surface area (Å²) in [6.45, 7) is 0.573. The maximum Gasteiger partial charge on any atom is 0.238 e. The van der Waals surface area contributed by atoms with Gasteiger partial charge in [0.25, 0.3) is 0 Å². The van der Waals surface area contributed by atoms with Gasteiger partial charge in [0.2, 0.25) is 5.91 Å². The summed E-state index contributed by atoms with van der Waals surface area (Å²) in [4.78, 5) is 14.3. The minimum Gasteiger partial charge on any atom is -0.494 e. The monoisotopic (exact) mass is 394 g/mol. The van der Waals surface area contributed by atoms with Crippen LogP contribution in [-0.4, -0.2) is 31.5 Å². The summed E-state index contributed by atoms with van der Waals surface area (Å²) in [5.74, 6) is 0.837. The number of hydrogen-bond donors (Lipinski definition) is 1. The smallest absolute Gasteiger partial charge is 0.238 e. The first-order chi connectivity index (χ1) is 14.0. The third kappa shape index (κ3) is 5.80. The molecule has 5 nitrogen and oxygen atoms in total. The molecule has 0 atom stereocenters. The number of benzene rings is 3. The maximum atomic E-state index is 13.8. The normalized spacial score (nSPS) is 10.6. The number of carbonyl (C=O) groups excluding carboxylic acids is 1. The maximum absolute atomic E-state index is 13.8. The van der Waals surface area contributed by atoms with Crippen molar-refractivity contribution in [1.29, 1.82) is 0 Å². The van der Waals surface area contributed by atoms with Crippen molar-refractivity contribution in [2.75, 3.05) is 26.0 Å². The van der Waals surface area contributed by atoms with Crippen LogP contribution in [0.15, 0.2) is 72.8 Å². The van der Waals surface area contributed by atoms with Crippen molar-refractivity contribution in [3.8, 4) is 17.2 Å². The van der Waals surface area contributed by atoms with E-state index in [1.807, 2.05) is 42.5 Å². The van der Waals surface area contributed by atoms with Crippen molar-refractivity contribution < 1.29 is 18.7 Å². The molecule has 0 spiro atoms. The Morgan fingerprint density at radius 2 is 1.72 bits per heavy atom. The van der Waals surface area contributed by atoms with E-state index in [2.05, 4.69) is 5.32 Å². The molecule has 0 unspecified atom stereocenters. The molecule has 0 saturated heterocycles. The van der Waals surface area contributed by atoms with Crippen molar-refractivity contribution in [2.24, 2.45) is 0 Å². The summed E-state index contributed by atoms with van der Waals surface area (Å²) in [5, 5.41) is 2.88. The first-order valence-corrected chi connectivity index (χ1v) is 9.18. The number of halogens is 1. The molecular weight excluding hydrogens is 371 g/mol. The highest BCUT2D eigenvalue weighted by Crippen LogP contribution is 2.29. The number of amides is 1. The van der Waals surface area contributed by atoms with Crippen molar-refractivity contribution in [2.45, 2.75) is 6.54 Å². The van der Waals surface area contributed by atoms with Gasteiger partial charge < -0.3 is 14.8 Å². The highest BCUT2D eigenvalue weighted by Gasteiger charge is 2.12. The van der Waals surface area contributed by atoms with E-state index in [1.165, 1.54) is 13.2 Å². The van der Waals surface area contributed by atoms with Crippen LogP contribution in [0.25, 0.3) is 0 Å². The van der Waals surface area contributed by atoms with Crippen LogP contribution in [-0.2, 0) is 11.3 Å². The zero-order chi connectivity index (χ0) is 20.6. The lowest BCUT2D eigenvalue weighted by molar-refractivity contribution is -0.117. The molecule has 0 aliphatic rings. The Morgan fingerprint density at radius 3 is 2.45 bits per heavy atom. The summed E-state index contributed by atoms with van der Waals surface area (Å²) in [6, 6.07) is 21.4. The molecule has 0 saturated carbocycles. The van der Waals surface area contributed by atoms with Crippen LogP contribution in [0.5, 0.6) is 17.2 Å². The second-order valence-corrected chi connectivity index (χ2v) is 6.60. The van der Waals surface area contributed by atoms with Crippen molar-refractivity contribution in [3.05, 3.63) is 84.2 Å². The van der Waals surface area contributed by atoms with Crippen LogP contribution in [0.1, 0.15) is 5.56 Å². The number of ether oxygens (including phenoxy) is 2. The number of likely N-dealkylation sites (N-methyl/N-ethyl adjacent to an activating group) is 1. The molecule has 3 rings (SSSR count). The lowest BCUT2D eigenvalue weighted by Gasteiger charge is -2.18. The van der Waals surface area contributed by atoms with E-state index in [0.29, 0.717) is 23.7 Å². The van der Waals surface area contributed by atoms with Gasteiger partial charge in [-0.1, -0.05) is 36.4 Å². The average Bonchev–Trinajstić information content (AvgIpc) is 2.70. The summed E-state index contributed by atoms with van der Waals surface area (Å²) in [5.41, 5.74) is 1.34. The molecule has 1 N–H and O–H groups in total. The lowest BCUT2D eigenvalue weighted by atomic mass is 10.2. The van der Waals surface area contributed by atoms with Gasteiger partial charge in [0.1, 0.15) is 5.75 Å². The minimum atomic E-state index is -0.421. The Hall–Kier alpha value is -3.38. The van der Waals surface area contributed by atoms with Crippen LogP contribution < -0.4 is 14.8 Å². The second-order valence-electron chi connectivity index (χ2n) is 6.60. The predicted molar refractivity (Wildman–Crippen MR) is 111 cm³/mol. The van der Waals surface area contributed by atoms with Crippen molar-refractivity contribution in [1.82, 2.24) is 4.90 Å². The van der Waals surface area contributed by atoms with Gasteiger partial charge in [-0.2, -0.15) is 0 Å². The number of carbonyl (C=O) groups is 1. The summed E-state index contributed by atoms with van der Waals surface area (Å²) in [7, 11) is 3.22. The highest BCUT2D eigenvalue weighted by molar-refractivity contribution is 5.93. The molecule has 3 aromatic carbocycles. The van der Waals surface area contributed by atoms with Gasteiger partial charge in [-0.25, -0.2) is 4.39 Å². The average molecular weight is 394 g/mol. The Bertz CT molecular complexity index is 963. The molecule has 3 aromatic rings. The first kappa shape index (κ1) is 20.4. The molecule has 0 aliphatic carbocycles. The predicted octanol–water partition coefficient (Wildman–Crippen LogP) is 4.70. The summed E-state index contributed by atoms with van der Waals surface area (Å²) < 4.78 is 24.6.